The number of aromatic nitrogens is 5. The van der Waals surface area contributed by atoms with Crippen LogP contribution in [0.5, 0.6) is 0 Å². The van der Waals surface area contributed by atoms with Crippen LogP contribution < -0.4 is 5.32 Å². The van der Waals surface area contributed by atoms with E-state index in [1.54, 1.807) is 12.1 Å². The molecule has 0 amide bonds. The summed E-state index contributed by atoms with van der Waals surface area (Å²) in [5.41, 5.74) is 3.99. The highest BCUT2D eigenvalue weighted by Crippen LogP contribution is 2.26. The van der Waals surface area contributed by atoms with E-state index in [1.165, 1.54) is 23.4 Å². The topological polar surface area (TPSA) is 111 Å². The van der Waals surface area contributed by atoms with Gasteiger partial charge >= 0.3 is 6.01 Å². The first kappa shape index (κ1) is 21.5. The van der Waals surface area contributed by atoms with Crippen LogP contribution in [0, 0.1) is 5.82 Å². The Bertz CT molecular complexity index is 1580. The number of Topliss-reactive ketones (excluding diaryl/α,β-unsaturated/α-hetero) is 1. The van der Waals surface area contributed by atoms with Crippen molar-refractivity contribution in [3.63, 3.8) is 0 Å². The Kier molecular flexibility index (Phi) is 5.38. The minimum Gasteiger partial charge on any atom is -0.403 e. The second-order valence-electron chi connectivity index (χ2n) is 8.11. The highest BCUT2D eigenvalue weighted by atomic mass is 19.1. The Morgan fingerprint density at radius 3 is 2.61 bits per heavy atom. The molecule has 1 aliphatic heterocycles. The Morgan fingerprint density at radius 2 is 1.81 bits per heavy atom. The number of aliphatic imine (C=N–C) groups is 1. The fraction of sp³-hybridized carbons (Fsp3) is 0.0769. The van der Waals surface area contributed by atoms with E-state index in [2.05, 4.69) is 25.6 Å². The molecule has 36 heavy (non-hydrogen) atoms. The van der Waals surface area contributed by atoms with Gasteiger partial charge in [0.2, 0.25) is 5.89 Å². The lowest BCUT2D eigenvalue weighted by molar-refractivity contribution is -0.119. The number of rotatable bonds is 5. The van der Waals surface area contributed by atoms with Gasteiger partial charge in [0.05, 0.1) is 5.71 Å². The minimum atomic E-state index is -0.938. The fourth-order valence-corrected chi connectivity index (χ4v) is 4.07. The molecule has 6 rings (SSSR count). The van der Waals surface area contributed by atoms with Gasteiger partial charge in [-0.2, -0.15) is 5.10 Å². The number of benzene rings is 3. The predicted octanol–water partition coefficient (Wildman–Crippen LogP) is 3.86. The van der Waals surface area contributed by atoms with Crippen molar-refractivity contribution in [1.82, 2.24) is 25.0 Å². The molecule has 10 heteroatoms. The van der Waals surface area contributed by atoms with E-state index in [9.17, 15) is 9.18 Å². The van der Waals surface area contributed by atoms with Crippen molar-refractivity contribution in [2.75, 3.05) is 5.32 Å². The van der Waals surface area contributed by atoms with E-state index in [0.717, 1.165) is 16.7 Å². The van der Waals surface area contributed by atoms with Gasteiger partial charge in [0, 0.05) is 23.1 Å². The number of fused-ring (bicyclic) bond motifs is 1. The Morgan fingerprint density at radius 1 is 0.972 bits per heavy atom. The quantitative estimate of drug-likeness (QED) is 0.408. The molecule has 0 radical (unpaired) electrons. The van der Waals surface area contributed by atoms with Crippen molar-refractivity contribution < 1.29 is 13.6 Å². The number of hydrogen-bond donors (Lipinski definition) is 1. The number of hydrogen-bond acceptors (Lipinski definition) is 8. The molecule has 0 bridgehead atoms. The molecule has 176 valence electrons. The van der Waals surface area contributed by atoms with Crippen LogP contribution in [0.2, 0.25) is 0 Å². The van der Waals surface area contributed by atoms with Crippen molar-refractivity contribution in [3.05, 3.63) is 108 Å². The molecule has 0 spiro atoms. The SMILES string of the molecule is O=C1Cc2ccccc2C(c2ccccc2)=NC1Nc1nnc(-c2ccc(-n3cncn3)c(F)c2)o1. The summed E-state index contributed by atoms with van der Waals surface area (Å²) in [4.78, 5) is 21.7. The average Bonchev–Trinajstić information content (AvgIpc) is 3.58. The molecular formula is C26H18FN7O2. The molecule has 5 aromatic rings. The van der Waals surface area contributed by atoms with Crippen molar-refractivity contribution >= 4 is 17.5 Å². The molecule has 1 aliphatic rings. The lowest BCUT2D eigenvalue weighted by Crippen LogP contribution is -2.29. The summed E-state index contributed by atoms with van der Waals surface area (Å²) < 4.78 is 21.7. The molecular weight excluding hydrogens is 461 g/mol. The minimum absolute atomic E-state index is 0.00577. The summed E-state index contributed by atoms with van der Waals surface area (Å²) in [6.07, 6.45) is 1.98. The maximum Gasteiger partial charge on any atom is 0.317 e. The van der Waals surface area contributed by atoms with Crippen LogP contribution >= 0.6 is 0 Å². The third kappa shape index (κ3) is 4.05. The van der Waals surface area contributed by atoms with Crippen LogP contribution in [0.1, 0.15) is 16.7 Å². The van der Waals surface area contributed by atoms with E-state index >= 15 is 0 Å². The van der Waals surface area contributed by atoms with E-state index < -0.39 is 12.0 Å². The van der Waals surface area contributed by atoms with Crippen LogP contribution in [-0.2, 0) is 11.2 Å². The molecule has 3 aromatic carbocycles. The van der Waals surface area contributed by atoms with E-state index in [1.807, 2.05) is 54.6 Å². The summed E-state index contributed by atoms with van der Waals surface area (Å²) in [5, 5.41) is 14.9. The van der Waals surface area contributed by atoms with Crippen LogP contribution in [-0.4, -0.2) is 42.6 Å². The molecule has 0 saturated heterocycles. The number of carbonyl (C=O) groups excluding carboxylic acids is 1. The van der Waals surface area contributed by atoms with Gasteiger partial charge in [-0.25, -0.2) is 14.1 Å². The van der Waals surface area contributed by atoms with Crippen molar-refractivity contribution in [2.45, 2.75) is 12.6 Å². The number of nitrogens with one attached hydrogen (secondary N) is 1. The highest BCUT2D eigenvalue weighted by molar-refractivity contribution is 6.16. The van der Waals surface area contributed by atoms with Gasteiger partial charge in [0.15, 0.2) is 11.9 Å². The maximum absolute atomic E-state index is 14.7. The zero-order valence-electron chi connectivity index (χ0n) is 18.7. The Hall–Kier alpha value is -4.99. The number of ketones is 1. The molecule has 1 N–H and O–H groups in total. The summed E-state index contributed by atoms with van der Waals surface area (Å²) >= 11 is 0. The lowest BCUT2D eigenvalue weighted by atomic mass is 9.96. The third-order valence-electron chi connectivity index (χ3n) is 5.79. The molecule has 9 nitrogen and oxygen atoms in total. The molecule has 0 saturated carbocycles. The predicted molar refractivity (Wildman–Crippen MR) is 129 cm³/mol. The van der Waals surface area contributed by atoms with Gasteiger partial charge in [0.25, 0.3) is 0 Å². The molecule has 1 unspecified atom stereocenters. The van der Waals surface area contributed by atoms with E-state index in [0.29, 0.717) is 11.3 Å². The molecule has 0 fully saturated rings. The fourth-order valence-electron chi connectivity index (χ4n) is 4.07. The highest BCUT2D eigenvalue weighted by Gasteiger charge is 2.27. The second kappa shape index (κ2) is 8.99. The number of halogens is 1. The van der Waals surface area contributed by atoms with Gasteiger partial charge in [-0.1, -0.05) is 59.7 Å². The first-order valence-corrected chi connectivity index (χ1v) is 11.1. The van der Waals surface area contributed by atoms with Gasteiger partial charge in [0.1, 0.15) is 24.2 Å². The van der Waals surface area contributed by atoms with Gasteiger partial charge in [-0.15, -0.1) is 5.10 Å². The zero-order valence-corrected chi connectivity index (χ0v) is 18.7. The largest absolute Gasteiger partial charge is 0.403 e. The van der Waals surface area contributed by atoms with Gasteiger partial charge < -0.3 is 9.73 Å². The van der Waals surface area contributed by atoms with Gasteiger partial charge in [-0.05, 0) is 23.8 Å². The standard InChI is InChI=1S/C26H18FN7O2/c27-20-12-18(10-11-21(20)34-15-28-14-29-34)25-32-33-26(36-25)31-24-22(35)13-17-8-4-5-9-19(17)23(30-24)16-6-2-1-3-7-16/h1-12,14-15,24H,13H2,(H,31,33). The summed E-state index contributed by atoms with van der Waals surface area (Å²) in [7, 11) is 0. The van der Waals surface area contributed by atoms with Gasteiger partial charge in [-0.3, -0.25) is 9.79 Å². The molecule has 0 aliphatic carbocycles. The summed E-state index contributed by atoms with van der Waals surface area (Å²) in [6, 6.07) is 21.8. The zero-order chi connectivity index (χ0) is 24.5. The lowest BCUT2D eigenvalue weighted by Gasteiger charge is -2.11. The van der Waals surface area contributed by atoms with Crippen LogP contribution in [0.3, 0.4) is 0 Å². The summed E-state index contributed by atoms with van der Waals surface area (Å²) in [5.74, 6) is -0.575. The molecule has 1 atom stereocenters. The average molecular weight is 479 g/mol. The third-order valence-corrected chi connectivity index (χ3v) is 5.79. The smallest absolute Gasteiger partial charge is 0.317 e. The van der Waals surface area contributed by atoms with Crippen LogP contribution in [0.15, 0.2) is 94.9 Å². The Balaban J connectivity index is 1.30. The second-order valence-corrected chi connectivity index (χ2v) is 8.11. The van der Waals surface area contributed by atoms with E-state index in [4.69, 9.17) is 9.41 Å². The number of carbonyl (C=O) groups is 1. The Labute approximate surface area is 204 Å². The number of nitrogens with zero attached hydrogens (tertiary/aromatic N) is 6. The molecule has 3 heterocycles. The maximum atomic E-state index is 14.7. The van der Waals surface area contributed by atoms with Crippen molar-refractivity contribution in [2.24, 2.45) is 4.99 Å². The number of anilines is 1. The van der Waals surface area contributed by atoms with Crippen molar-refractivity contribution in [3.8, 4) is 17.1 Å². The monoisotopic (exact) mass is 479 g/mol. The van der Waals surface area contributed by atoms with Crippen LogP contribution in [0.25, 0.3) is 17.1 Å². The normalized spacial score (nSPS) is 15.2. The first-order valence-electron chi connectivity index (χ1n) is 11.1. The first-order chi connectivity index (χ1) is 17.7. The van der Waals surface area contributed by atoms with E-state index in [-0.39, 0.29) is 29.8 Å². The van der Waals surface area contributed by atoms with Crippen molar-refractivity contribution in [1.29, 1.82) is 0 Å². The van der Waals surface area contributed by atoms with Crippen LogP contribution in [0.4, 0.5) is 10.4 Å². The molecule has 2 aromatic heterocycles. The summed E-state index contributed by atoms with van der Waals surface area (Å²) in [6.45, 7) is 0.